The van der Waals surface area contributed by atoms with Crippen molar-refractivity contribution >= 4 is 22.5 Å². The summed E-state index contributed by atoms with van der Waals surface area (Å²) in [6.45, 7) is 8.35. The Bertz CT molecular complexity index is 1160. The smallest absolute Gasteiger partial charge is 0.274 e. The van der Waals surface area contributed by atoms with Crippen LogP contribution in [-0.4, -0.2) is 39.5 Å². The minimum absolute atomic E-state index is 0.0569. The summed E-state index contributed by atoms with van der Waals surface area (Å²) in [6, 6.07) is 9.48. The second-order valence-electron chi connectivity index (χ2n) is 10.4. The maximum Gasteiger partial charge on any atom is 0.274 e. The van der Waals surface area contributed by atoms with E-state index in [4.69, 9.17) is 9.84 Å². The first-order chi connectivity index (χ1) is 16.2. The molecule has 1 aliphatic carbocycles. The molecule has 0 aliphatic heterocycles. The van der Waals surface area contributed by atoms with Crippen LogP contribution in [0.15, 0.2) is 36.5 Å². The van der Waals surface area contributed by atoms with Crippen molar-refractivity contribution < 1.29 is 14.6 Å². The number of aliphatic hydroxyl groups is 1. The summed E-state index contributed by atoms with van der Waals surface area (Å²) in [7, 11) is 1.59. The maximum absolute atomic E-state index is 13.0. The lowest BCUT2D eigenvalue weighted by atomic mass is 9.80. The maximum atomic E-state index is 13.0. The van der Waals surface area contributed by atoms with Crippen molar-refractivity contribution in [1.29, 1.82) is 0 Å². The molecule has 0 bridgehead atoms. The van der Waals surface area contributed by atoms with Crippen LogP contribution in [0.2, 0.25) is 0 Å². The number of nitrogens with zero attached hydrogens (tertiary/aromatic N) is 3. The summed E-state index contributed by atoms with van der Waals surface area (Å²) < 4.78 is 7.65. The van der Waals surface area contributed by atoms with Crippen LogP contribution in [0.3, 0.4) is 0 Å². The predicted octanol–water partition coefficient (Wildman–Crippen LogP) is 5.35. The van der Waals surface area contributed by atoms with E-state index in [0.29, 0.717) is 28.9 Å². The number of anilines is 1. The molecule has 1 saturated carbocycles. The molecule has 1 aromatic carbocycles. The molecule has 1 fully saturated rings. The van der Waals surface area contributed by atoms with Gasteiger partial charge in [-0.3, -0.25) is 9.48 Å². The molecule has 0 atom stereocenters. The fraction of sp³-hybridized carbons (Fsp3) is 0.519. The minimum atomic E-state index is -0.532. The van der Waals surface area contributed by atoms with Crippen molar-refractivity contribution in [2.75, 3.05) is 19.0 Å². The Morgan fingerprint density at radius 3 is 2.62 bits per heavy atom. The van der Waals surface area contributed by atoms with Gasteiger partial charge in [-0.15, -0.1) is 0 Å². The van der Waals surface area contributed by atoms with Gasteiger partial charge in [-0.1, -0.05) is 33.8 Å². The van der Waals surface area contributed by atoms with E-state index in [2.05, 4.69) is 35.0 Å². The number of aliphatic hydroxyl groups excluding tert-OH is 1. The molecule has 2 N–H and O–H groups in total. The molecule has 1 aliphatic rings. The lowest BCUT2D eigenvalue weighted by Gasteiger charge is -2.30. The van der Waals surface area contributed by atoms with E-state index in [9.17, 15) is 9.90 Å². The Labute approximate surface area is 201 Å². The number of methoxy groups -OCH3 is 1. The highest BCUT2D eigenvalue weighted by molar-refractivity contribution is 6.05. The van der Waals surface area contributed by atoms with Gasteiger partial charge in [0.15, 0.2) is 0 Å². The van der Waals surface area contributed by atoms with E-state index in [-0.39, 0.29) is 12.5 Å². The highest BCUT2D eigenvalue weighted by Gasteiger charge is 2.26. The highest BCUT2D eigenvalue weighted by atomic mass is 16.5. The van der Waals surface area contributed by atoms with Crippen LogP contribution >= 0.6 is 0 Å². The third kappa shape index (κ3) is 4.94. The SMILES string of the molecule is COc1cc2nn(C3CCC(C(C)C)CC3)cc2cc1NC(=O)c1cccc(C(C)(C)CO)n1. The molecule has 182 valence electrons. The standard InChI is InChI=1S/C27H36N4O3/c1-17(2)18-9-11-20(12-10-18)31-15-19-13-23(24(34-5)14-22(19)30-31)29-26(33)21-7-6-8-25(28-21)27(3,4)16-32/h6-8,13-15,17-18,20,32H,9-12,16H2,1-5H3,(H,29,33). The number of fused-ring (bicyclic) bond motifs is 1. The summed E-state index contributed by atoms with van der Waals surface area (Å²) in [5, 5.41) is 18.4. The summed E-state index contributed by atoms with van der Waals surface area (Å²) in [6.07, 6.45) is 6.84. The van der Waals surface area contributed by atoms with Crippen molar-refractivity contribution in [3.8, 4) is 5.75 Å². The van der Waals surface area contributed by atoms with Gasteiger partial charge in [-0.25, -0.2) is 4.98 Å². The number of benzene rings is 1. The van der Waals surface area contributed by atoms with E-state index in [1.165, 1.54) is 12.8 Å². The molecule has 2 aromatic heterocycles. The Hall–Kier alpha value is -2.93. The van der Waals surface area contributed by atoms with Gasteiger partial charge >= 0.3 is 0 Å². The van der Waals surface area contributed by atoms with Crippen molar-refractivity contribution in [1.82, 2.24) is 14.8 Å². The van der Waals surface area contributed by atoms with E-state index in [1.54, 1.807) is 19.2 Å². The number of hydrogen-bond donors (Lipinski definition) is 2. The van der Waals surface area contributed by atoms with Gasteiger partial charge in [0.1, 0.15) is 11.4 Å². The van der Waals surface area contributed by atoms with Crippen LogP contribution in [0.5, 0.6) is 5.75 Å². The summed E-state index contributed by atoms with van der Waals surface area (Å²) in [5.41, 5.74) is 1.86. The Morgan fingerprint density at radius 2 is 1.97 bits per heavy atom. The van der Waals surface area contributed by atoms with E-state index >= 15 is 0 Å². The van der Waals surface area contributed by atoms with Crippen molar-refractivity contribution in [2.24, 2.45) is 11.8 Å². The number of aromatic nitrogens is 3. The number of carbonyl (C=O) groups excluding carboxylic acids is 1. The zero-order chi connectivity index (χ0) is 24.5. The molecule has 3 aromatic rings. The molecule has 0 saturated heterocycles. The van der Waals surface area contributed by atoms with Crippen molar-refractivity contribution in [2.45, 2.75) is 64.8 Å². The van der Waals surface area contributed by atoms with Gasteiger partial charge in [0.2, 0.25) is 0 Å². The van der Waals surface area contributed by atoms with Crippen LogP contribution in [0.25, 0.3) is 10.9 Å². The summed E-state index contributed by atoms with van der Waals surface area (Å²) >= 11 is 0. The molecule has 34 heavy (non-hydrogen) atoms. The largest absolute Gasteiger partial charge is 0.494 e. The third-order valence-corrected chi connectivity index (χ3v) is 7.22. The second-order valence-corrected chi connectivity index (χ2v) is 10.4. The molecule has 0 spiro atoms. The fourth-order valence-electron chi connectivity index (χ4n) is 4.76. The molecular weight excluding hydrogens is 428 g/mol. The first-order valence-corrected chi connectivity index (χ1v) is 12.2. The second kappa shape index (κ2) is 9.74. The molecule has 7 nitrogen and oxygen atoms in total. The topological polar surface area (TPSA) is 89.3 Å². The van der Waals surface area contributed by atoms with Gasteiger partial charge < -0.3 is 15.2 Å². The van der Waals surface area contributed by atoms with Gasteiger partial charge in [0.05, 0.1) is 31.0 Å². The van der Waals surface area contributed by atoms with Crippen LogP contribution < -0.4 is 10.1 Å². The van der Waals surface area contributed by atoms with Crippen molar-refractivity contribution in [3.63, 3.8) is 0 Å². The Kier molecular flexibility index (Phi) is 6.94. The van der Waals surface area contributed by atoms with Gasteiger partial charge in [-0.2, -0.15) is 5.10 Å². The Balaban J connectivity index is 1.56. The van der Waals surface area contributed by atoms with Gasteiger partial charge in [-0.05, 0) is 55.7 Å². The Morgan fingerprint density at radius 1 is 1.24 bits per heavy atom. The molecular formula is C27H36N4O3. The lowest BCUT2D eigenvalue weighted by molar-refractivity contribution is 0.102. The highest BCUT2D eigenvalue weighted by Crippen LogP contribution is 2.37. The average Bonchev–Trinajstić information content (AvgIpc) is 3.26. The summed E-state index contributed by atoms with van der Waals surface area (Å²) in [4.78, 5) is 17.5. The van der Waals surface area contributed by atoms with Gasteiger partial charge in [0, 0.05) is 28.8 Å². The lowest BCUT2D eigenvalue weighted by Crippen LogP contribution is -2.25. The number of rotatable bonds is 7. The van der Waals surface area contributed by atoms with E-state index < -0.39 is 5.41 Å². The van der Waals surface area contributed by atoms with Crippen LogP contribution in [0.1, 0.15) is 75.6 Å². The van der Waals surface area contributed by atoms with Crippen LogP contribution in [0, 0.1) is 11.8 Å². The van der Waals surface area contributed by atoms with Crippen LogP contribution in [0.4, 0.5) is 5.69 Å². The normalized spacial score (nSPS) is 18.9. The monoisotopic (exact) mass is 464 g/mol. The minimum Gasteiger partial charge on any atom is -0.494 e. The quantitative estimate of drug-likeness (QED) is 0.492. The summed E-state index contributed by atoms with van der Waals surface area (Å²) in [5.74, 6) is 1.77. The molecule has 0 unspecified atom stereocenters. The van der Waals surface area contributed by atoms with Crippen LogP contribution in [-0.2, 0) is 5.41 Å². The molecule has 2 heterocycles. The molecule has 0 radical (unpaired) electrons. The first kappa shape index (κ1) is 24.2. The first-order valence-electron chi connectivity index (χ1n) is 12.2. The fourth-order valence-corrected chi connectivity index (χ4v) is 4.76. The number of hydrogen-bond acceptors (Lipinski definition) is 5. The number of amides is 1. The predicted molar refractivity (Wildman–Crippen MR) is 134 cm³/mol. The molecule has 1 amide bonds. The number of carbonyl (C=O) groups is 1. The molecule has 7 heteroatoms. The zero-order valence-electron chi connectivity index (χ0n) is 20.8. The van der Waals surface area contributed by atoms with E-state index in [1.807, 2.05) is 32.0 Å². The zero-order valence-corrected chi connectivity index (χ0v) is 20.8. The van der Waals surface area contributed by atoms with E-state index in [0.717, 1.165) is 35.6 Å². The average molecular weight is 465 g/mol. The van der Waals surface area contributed by atoms with Crippen molar-refractivity contribution in [3.05, 3.63) is 47.9 Å². The molecule has 4 rings (SSSR count). The third-order valence-electron chi connectivity index (χ3n) is 7.22. The van der Waals surface area contributed by atoms with Gasteiger partial charge in [0.25, 0.3) is 5.91 Å². The number of ether oxygens (including phenoxy) is 1. The number of pyridine rings is 1. The number of nitrogens with one attached hydrogen (secondary N) is 1.